The molecule has 0 bridgehead atoms. The summed E-state index contributed by atoms with van der Waals surface area (Å²) in [6.07, 6.45) is 0. The van der Waals surface area contributed by atoms with Crippen LogP contribution in [0.2, 0.25) is 8.67 Å². The predicted octanol–water partition coefficient (Wildman–Crippen LogP) is 2.09. The summed E-state index contributed by atoms with van der Waals surface area (Å²) in [5, 5.41) is 0. The maximum Gasteiger partial charge on any atom is 0.256 e. The predicted molar refractivity (Wildman–Crippen MR) is 60.4 cm³/mol. The fraction of sp³-hybridized carbons (Fsp3) is 0.375. The van der Waals surface area contributed by atoms with Gasteiger partial charge >= 0.3 is 0 Å². The van der Waals surface area contributed by atoms with Crippen molar-refractivity contribution in [1.82, 2.24) is 4.90 Å². The largest absolute Gasteiger partial charge is 0.340 e. The zero-order chi connectivity index (χ0) is 10.7. The first-order chi connectivity index (χ1) is 6.56. The highest BCUT2D eigenvalue weighted by molar-refractivity contribution is 7.20. The monoisotopic (exact) mass is 252 g/mol. The molecule has 0 aliphatic carbocycles. The maximum absolute atomic E-state index is 11.7. The molecule has 1 aromatic rings. The van der Waals surface area contributed by atoms with Crippen molar-refractivity contribution in [2.24, 2.45) is 5.73 Å². The Morgan fingerprint density at radius 3 is 2.71 bits per heavy atom. The lowest BCUT2D eigenvalue weighted by atomic mass is 10.3. The summed E-state index contributed by atoms with van der Waals surface area (Å²) in [6, 6.07) is 1.57. The molecule has 3 nitrogen and oxygen atoms in total. The average molecular weight is 253 g/mol. The zero-order valence-corrected chi connectivity index (χ0v) is 9.92. The minimum absolute atomic E-state index is 0.149. The lowest BCUT2D eigenvalue weighted by Crippen LogP contribution is -2.31. The number of thiophene rings is 1. The van der Waals surface area contributed by atoms with Gasteiger partial charge in [0, 0.05) is 20.1 Å². The normalized spacial score (nSPS) is 10.3. The molecule has 78 valence electrons. The van der Waals surface area contributed by atoms with E-state index in [-0.39, 0.29) is 5.91 Å². The number of nitrogens with two attached hydrogens (primary N) is 1. The number of hydrogen-bond donors (Lipinski definition) is 1. The van der Waals surface area contributed by atoms with Gasteiger partial charge in [0.15, 0.2) is 0 Å². The lowest BCUT2D eigenvalue weighted by Gasteiger charge is -2.14. The fourth-order valence-corrected chi connectivity index (χ4v) is 2.43. The van der Waals surface area contributed by atoms with Crippen molar-refractivity contribution >= 4 is 40.4 Å². The van der Waals surface area contributed by atoms with Gasteiger partial charge in [-0.1, -0.05) is 23.2 Å². The van der Waals surface area contributed by atoms with E-state index < -0.39 is 0 Å². The molecule has 0 radical (unpaired) electrons. The number of nitrogens with zero attached hydrogens (tertiary/aromatic N) is 1. The summed E-state index contributed by atoms with van der Waals surface area (Å²) < 4.78 is 0.934. The summed E-state index contributed by atoms with van der Waals surface area (Å²) in [4.78, 5) is 13.2. The number of carbonyl (C=O) groups is 1. The SMILES string of the molecule is CN(CCN)C(=O)c1cc(Cl)sc1Cl. The molecule has 6 heteroatoms. The van der Waals surface area contributed by atoms with Gasteiger partial charge in [0.05, 0.1) is 9.90 Å². The zero-order valence-electron chi connectivity index (χ0n) is 7.59. The summed E-state index contributed by atoms with van der Waals surface area (Å²) in [5.74, 6) is -0.149. The minimum Gasteiger partial charge on any atom is -0.340 e. The summed E-state index contributed by atoms with van der Waals surface area (Å²) in [7, 11) is 1.68. The molecule has 0 aliphatic rings. The molecule has 1 heterocycles. The number of rotatable bonds is 3. The topological polar surface area (TPSA) is 46.3 Å². The van der Waals surface area contributed by atoms with Crippen molar-refractivity contribution < 1.29 is 4.79 Å². The third kappa shape index (κ3) is 2.60. The number of amides is 1. The van der Waals surface area contributed by atoms with Gasteiger partial charge in [0.1, 0.15) is 4.34 Å². The molecule has 0 atom stereocenters. The first kappa shape index (κ1) is 11.8. The molecule has 1 aromatic heterocycles. The van der Waals surface area contributed by atoms with Crippen molar-refractivity contribution in [2.45, 2.75) is 0 Å². The van der Waals surface area contributed by atoms with Crippen LogP contribution in [0, 0.1) is 0 Å². The Morgan fingerprint density at radius 1 is 1.64 bits per heavy atom. The van der Waals surface area contributed by atoms with Gasteiger partial charge in [-0.3, -0.25) is 4.79 Å². The van der Waals surface area contributed by atoms with E-state index in [1.165, 1.54) is 16.2 Å². The Kier molecular flexibility index (Phi) is 4.19. The summed E-state index contributed by atoms with van der Waals surface area (Å²) >= 11 is 12.8. The van der Waals surface area contributed by atoms with Crippen molar-refractivity contribution in [3.63, 3.8) is 0 Å². The highest BCUT2D eigenvalue weighted by Gasteiger charge is 2.17. The molecule has 2 N–H and O–H groups in total. The summed E-state index contributed by atoms with van der Waals surface area (Å²) in [6.45, 7) is 0.931. The van der Waals surface area contributed by atoms with Crippen LogP contribution in [-0.2, 0) is 0 Å². The van der Waals surface area contributed by atoms with Gasteiger partial charge in [-0.25, -0.2) is 0 Å². The molecule has 0 saturated heterocycles. The molecule has 0 fully saturated rings. The van der Waals surface area contributed by atoms with Crippen molar-refractivity contribution in [2.75, 3.05) is 20.1 Å². The summed E-state index contributed by atoms with van der Waals surface area (Å²) in [5.41, 5.74) is 5.78. The van der Waals surface area contributed by atoms with Gasteiger partial charge in [-0.15, -0.1) is 11.3 Å². The van der Waals surface area contributed by atoms with Crippen LogP contribution in [0.3, 0.4) is 0 Å². The van der Waals surface area contributed by atoms with E-state index in [0.717, 1.165) is 0 Å². The maximum atomic E-state index is 11.7. The standard InChI is InChI=1S/C8H10Cl2N2OS/c1-12(3-2-11)8(13)5-4-6(9)14-7(5)10/h4H,2-3,11H2,1H3. The van der Waals surface area contributed by atoms with Crippen LogP contribution in [0.1, 0.15) is 10.4 Å². The van der Waals surface area contributed by atoms with E-state index in [1.807, 2.05) is 0 Å². The second kappa shape index (κ2) is 4.98. The quantitative estimate of drug-likeness (QED) is 0.896. The van der Waals surface area contributed by atoms with Crippen LogP contribution in [0.4, 0.5) is 0 Å². The molecule has 1 amide bonds. The first-order valence-electron chi connectivity index (χ1n) is 3.96. The molecule has 0 saturated carbocycles. The van der Waals surface area contributed by atoms with E-state index in [2.05, 4.69) is 0 Å². The van der Waals surface area contributed by atoms with E-state index in [0.29, 0.717) is 27.3 Å². The van der Waals surface area contributed by atoms with E-state index >= 15 is 0 Å². The molecule has 0 aliphatic heterocycles. The van der Waals surface area contributed by atoms with Gasteiger partial charge in [0.2, 0.25) is 0 Å². The second-order valence-electron chi connectivity index (χ2n) is 2.75. The van der Waals surface area contributed by atoms with E-state index in [1.54, 1.807) is 13.1 Å². The highest BCUT2D eigenvalue weighted by Crippen LogP contribution is 2.31. The smallest absolute Gasteiger partial charge is 0.256 e. The van der Waals surface area contributed by atoms with Crippen LogP contribution in [0.5, 0.6) is 0 Å². The Hall–Kier alpha value is -0.290. The third-order valence-corrected chi connectivity index (χ3v) is 3.19. The average Bonchev–Trinajstić information content (AvgIpc) is 2.44. The Labute approximate surface area is 96.4 Å². The van der Waals surface area contributed by atoms with Gasteiger partial charge in [-0.2, -0.15) is 0 Å². The van der Waals surface area contributed by atoms with Gasteiger partial charge < -0.3 is 10.6 Å². The molecule has 0 aromatic carbocycles. The minimum atomic E-state index is -0.149. The van der Waals surface area contributed by atoms with Crippen molar-refractivity contribution in [3.05, 3.63) is 20.3 Å². The van der Waals surface area contributed by atoms with Gasteiger partial charge in [0.25, 0.3) is 5.91 Å². The second-order valence-corrected chi connectivity index (χ2v) is 5.04. The van der Waals surface area contributed by atoms with Crippen LogP contribution in [0.15, 0.2) is 6.07 Å². The Balaban J connectivity index is 2.83. The van der Waals surface area contributed by atoms with Crippen LogP contribution in [0.25, 0.3) is 0 Å². The van der Waals surface area contributed by atoms with Crippen LogP contribution >= 0.6 is 34.5 Å². The number of hydrogen-bond acceptors (Lipinski definition) is 3. The molecular weight excluding hydrogens is 243 g/mol. The van der Waals surface area contributed by atoms with Crippen LogP contribution in [-0.4, -0.2) is 30.9 Å². The molecule has 14 heavy (non-hydrogen) atoms. The fourth-order valence-electron chi connectivity index (χ4n) is 0.987. The Morgan fingerprint density at radius 2 is 2.29 bits per heavy atom. The lowest BCUT2D eigenvalue weighted by molar-refractivity contribution is 0.0800. The highest BCUT2D eigenvalue weighted by atomic mass is 35.5. The third-order valence-electron chi connectivity index (χ3n) is 1.70. The van der Waals surface area contributed by atoms with Crippen molar-refractivity contribution in [3.8, 4) is 0 Å². The van der Waals surface area contributed by atoms with Crippen LogP contribution < -0.4 is 5.73 Å². The van der Waals surface area contributed by atoms with E-state index in [9.17, 15) is 4.79 Å². The molecule has 1 rings (SSSR count). The number of halogens is 2. The first-order valence-corrected chi connectivity index (χ1v) is 5.54. The Bertz CT molecular complexity index is 340. The van der Waals surface area contributed by atoms with E-state index in [4.69, 9.17) is 28.9 Å². The van der Waals surface area contributed by atoms with Gasteiger partial charge in [-0.05, 0) is 6.07 Å². The molecular formula is C8H10Cl2N2OS. The molecule has 0 spiro atoms. The molecule has 0 unspecified atom stereocenters. The number of likely N-dealkylation sites (N-methyl/N-ethyl adjacent to an activating group) is 1. The number of carbonyl (C=O) groups excluding carboxylic acids is 1. The van der Waals surface area contributed by atoms with Crippen molar-refractivity contribution in [1.29, 1.82) is 0 Å².